The summed E-state index contributed by atoms with van der Waals surface area (Å²) in [5.41, 5.74) is 5.78. The minimum atomic E-state index is -2.70. The highest BCUT2D eigenvalue weighted by Crippen LogP contribution is 2.38. The van der Waals surface area contributed by atoms with E-state index in [2.05, 4.69) is 86.5 Å². The van der Waals surface area contributed by atoms with Crippen LogP contribution >= 0.6 is 0 Å². The van der Waals surface area contributed by atoms with Crippen LogP contribution < -0.4 is 21.4 Å². The fraction of sp³-hybridized carbons (Fsp3) is 0.433. The Kier molecular flexibility index (Phi) is 10.1. The number of hydrogen-bond acceptors (Lipinski definition) is 3. The van der Waals surface area contributed by atoms with Crippen LogP contribution in [0.15, 0.2) is 72.9 Å². The lowest BCUT2D eigenvalue weighted by Crippen LogP contribution is -2.67. The average Bonchev–Trinajstić information content (AvgIpc) is 2.82. The molecule has 2 aromatic rings. The van der Waals surface area contributed by atoms with Crippen molar-refractivity contribution in [3.63, 3.8) is 0 Å². The molecule has 0 saturated carbocycles. The summed E-state index contributed by atoms with van der Waals surface area (Å²) in [6.45, 7) is 14.5. The molecular weight excluding hydrogens is 448 g/mol. The normalized spacial score (nSPS) is 14.2. The molecule has 0 saturated heterocycles. The van der Waals surface area contributed by atoms with Crippen LogP contribution in [0.25, 0.3) is 0 Å². The lowest BCUT2D eigenvalue weighted by molar-refractivity contribution is -0.123. The van der Waals surface area contributed by atoms with Crippen molar-refractivity contribution in [1.29, 1.82) is 0 Å². The van der Waals surface area contributed by atoms with Gasteiger partial charge in [0.2, 0.25) is 5.91 Å². The zero-order valence-electron chi connectivity index (χ0n) is 22.4. The largest absolute Gasteiger partial charge is 0.403 e. The van der Waals surface area contributed by atoms with E-state index in [9.17, 15) is 4.79 Å². The van der Waals surface area contributed by atoms with E-state index >= 15 is 0 Å². The summed E-state index contributed by atoms with van der Waals surface area (Å²) in [4.78, 5) is 12.4. The maximum atomic E-state index is 12.4. The van der Waals surface area contributed by atoms with Gasteiger partial charge in [-0.15, -0.1) is 11.8 Å². The van der Waals surface area contributed by atoms with E-state index in [1.807, 2.05) is 45.9 Å². The molecular formula is C30H42N2O2Si. The number of carbonyl (C=O) groups is 1. The fourth-order valence-corrected chi connectivity index (χ4v) is 8.87. The Bertz CT molecular complexity index is 986. The average molecular weight is 491 g/mol. The zero-order chi connectivity index (χ0) is 26.1. The Morgan fingerprint density at radius 1 is 1.00 bits per heavy atom. The number of carbonyl (C=O) groups excluding carboxylic acids is 1. The van der Waals surface area contributed by atoms with E-state index in [4.69, 9.17) is 10.2 Å². The minimum Gasteiger partial charge on any atom is -0.403 e. The molecule has 0 aromatic heterocycles. The summed E-state index contributed by atoms with van der Waals surface area (Å²) < 4.78 is 7.23. The first-order chi connectivity index (χ1) is 16.4. The molecule has 1 amide bonds. The summed E-state index contributed by atoms with van der Waals surface area (Å²) >= 11 is 0. The molecule has 35 heavy (non-hydrogen) atoms. The molecule has 0 spiro atoms. The van der Waals surface area contributed by atoms with E-state index in [-0.39, 0.29) is 22.5 Å². The second kappa shape index (κ2) is 12.4. The van der Waals surface area contributed by atoms with Crippen molar-refractivity contribution in [2.45, 2.75) is 78.5 Å². The number of hydrogen-bond donors (Lipinski definition) is 2. The Morgan fingerprint density at radius 3 is 1.94 bits per heavy atom. The first-order valence-corrected chi connectivity index (χ1v) is 14.2. The molecule has 2 atom stereocenters. The molecule has 0 aliphatic carbocycles. The Labute approximate surface area is 213 Å². The molecule has 0 aliphatic rings. The van der Waals surface area contributed by atoms with Crippen molar-refractivity contribution >= 4 is 24.6 Å². The van der Waals surface area contributed by atoms with Crippen LogP contribution in [0.5, 0.6) is 0 Å². The summed E-state index contributed by atoms with van der Waals surface area (Å²) in [6.07, 6.45) is 4.76. The SMILES string of the molecule is CC#CC[C@@H](C/C=C\NC(=O)[C@@H](N)C(C)(C)C)O[Si](c1ccccc1)(c1ccccc1)C(C)(C)C. The lowest BCUT2D eigenvalue weighted by Gasteiger charge is -2.45. The van der Waals surface area contributed by atoms with Gasteiger partial charge >= 0.3 is 0 Å². The van der Waals surface area contributed by atoms with Gasteiger partial charge in [0.05, 0.1) is 12.1 Å². The summed E-state index contributed by atoms with van der Waals surface area (Å²) in [7, 11) is -2.70. The maximum absolute atomic E-state index is 12.4. The van der Waals surface area contributed by atoms with Gasteiger partial charge in [-0.25, -0.2) is 0 Å². The molecule has 0 heterocycles. The predicted molar refractivity (Wildman–Crippen MR) is 150 cm³/mol. The van der Waals surface area contributed by atoms with Crippen molar-refractivity contribution in [3.8, 4) is 11.8 Å². The quantitative estimate of drug-likeness (QED) is 0.394. The van der Waals surface area contributed by atoms with Gasteiger partial charge in [0.15, 0.2) is 0 Å². The Hall–Kier alpha value is -2.65. The summed E-state index contributed by atoms with van der Waals surface area (Å²) in [6, 6.07) is 20.6. The molecule has 2 aromatic carbocycles. The van der Waals surface area contributed by atoms with Crippen molar-refractivity contribution in [2.75, 3.05) is 0 Å². The Morgan fingerprint density at radius 2 is 1.51 bits per heavy atom. The van der Waals surface area contributed by atoms with E-state index in [0.29, 0.717) is 12.8 Å². The number of benzene rings is 2. The standard InChI is InChI=1S/C30H42N2O2Si/c1-8-9-17-24(18-16-23-32-28(33)27(31)29(2,3)4)34-35(30(5,6)7,25-19-12-10-13-20-25)26-21-14-11-15-22-26/h10-16,19-24,27H,17-18,31H2,1-7H3,(H,32,33)/b23-16-/t24-,27+/m0/s1. The third-order valence-electron chi connectivity index (χ3n) is 6.22. The molecule has 0 bridgehead atoms. The second-order valence-corrected chi connectivity index (χ2v) is 15.3. The summed E-state index contributed by atoms with van der Waals surface area (Å²) in [5.74, 6) is 6.05. The number of nitrogens with two attached hydrogens (primary N) is 1. The zero-order valence-corrected chi connectivity index (χ0v) is 23.4. The maximum Gasteiger partial charge on any atom is 0.261 e. The number of nitrogens with one attached hydrogen (secondary N) is 1. The topological polar surface area (TPSA) is 64.4 Å². The Balaban J connectivity index is 2.40. The monoisotopic (exact) mass is 490 g/mol. The van der Waals surface area contributed by atoms with Gasteiger partial charge in [0.25, 0.3) is 8.32 Å². The van der Waals surface area contributed by atoms with Crippen LogP contribution in [-0.2, 0) is 9.22 Å². The predicted octanol–water partition coefficient (Wildman–Crippen LogP) is 4.74. The lowest BCUT2D eigenvalue weighted by atomic mass is 9.87. The van der Waals surface area contributed by atoms with E-state index in [1.165, 1.54) is 10.4 Å². The third kappa shape index (κ3) is 7.41. The molecule has 188 valence electrons. The van der Waals surface area contributed by atoms with Gasteiger partial charge in [0, 0.05) is 6.42 Å². The molecule has 0 unspecified atom stereocenters. The van der Waals surface area contributed by atoms with Gasteiger partial charge in [0.1, 0.15) is 0 Å². The highest BCUT2D eigenvalue weighted by atomic mass is 28.4. The fourth-order valence-electron chi connectivity index (χ4n) is 4.17. The molecule has 0 radical (unpaired) electrons. The van der Waals surface area contributed by atoms with Crippen LogP contribution in [0.3, 0.4) is 0 Å². The van der Waals surface area contributed by atoms with Gasteiger partial charge in [-0.2, -0.15) is 0 Å². The van der Waals surface area contributed by atoms with Crippen molar-refractivity contribution < 1.29 is 9.22 Å². The highest BCUT2D eigenvalue weighted by molar-refractivity contribution is 6.99. The molecule has 3 N–H and O–H groups in total. The molecule has 4 nitrogen and oxygen atoms in total. The van der Waals surface area contributed by atoms with Crippen molar-refractivity contribution in [1.82, 2.24) is 5.32 Å². The van der Waals surface area contributed by atoms with Crippen molar-refractivity contribution in [2.24, 2.45) is 11.1 Å². The number of amides is 1. The van der Waals surface area contributed by atoms with Gasteiger partial charge in [-0.3, -0.25) is 4.79 Å². The van der Waals surface area contributed by atoms with Crippen LogP contribution in [0.1, 0.15) is 61.3 Å². The molecule has 2 rings (SSSR count). The van der Waals surface area contributed by atoms with E-state index < -0.39 is 14.4 Å². The molecule has 0 aliphatic heterocycles. The van der Waals surface area contributed by atoms with Gasteiger partial charge < -0.3 is 15.5 Å². The highest BCUT2D eigenvalue weighted by Gasteiger charge is 2.51. The third-order valence-corrected chi connectivity index (χ3v) is 11.3. The van der Waals surface area contributed by atoms with Crippen LogP contribution in [0.4, 0.5) is 0 Å². The van der Waals surface area contributed by atoms with Crippen molar-refractivity contribution in [3.05, 3.63) is 72.9 Å². The van der Waals surface area contributed by atoms with Gasteiger partial charge in [-0.1, -0.05) is 108 Å². The smallest absolute Gasteiger partial charge is 0.261 e. The van der Waals surface area contributed by atoms with E-state index in [0.717, 1.165) is 0 Å². The first kappa shape index (κ1) is 28.6. The summed E-state index contributed by atoms with van der Waals surface area (Å²) in [5, 5.41) is 5.19. The number of rotatable bonds is 9. The van der Waals surface area contributed by atoms with Crippen LogP contribution in [0, 0.1) is 17.3 Å². The van der Waals surface area contributed by atoms with E-state index in [1.54, 1.807) is 6.20 Å². The van der Waals surface area contributed by atoms with Crippen LogP contribution in [0.2, 0.25) is 5.04 Å². The molecule has 5 heteroatoms. The minimum absolute atomic E-state index is 0.120. The van der Waals surface area contributed by atoms with Gasteiger partial charge in [-0.05, 0) is 40.4 Å². The van der Waals surface area contributed by atoms with Crippen LogP contribution in [-0.4, -0.2) is 26.4 Å². The second-order valence-electron chi connectivity index (χ2n) is 11.0. The molecule has 0 fully saturated rings. The first-order valence-electron chi connectivity index (χ1n) is 12.3.